The van der Waals surface area contributed by atoms with Gasteiger partial charge in [-0.15, -0.1) is 0 Å². The topological polar surface area (TPSA) is 85.4 Å². The molecule has 422 valence electrons. The zero-order valence-electron chi connectivity index (χ0n) is 51.0. The zero-order valence-corrected chi connectivity index (χ0v) is 54.0. The summed E-state index contributed by atoms with van der Waals surface area (Å²) in [6.07, 6.45) is 5.62. The maximum atomic E-state index is 15.4. The number of ketones is 1. The van der Waals surface area contributed by atoms with Crippen molar-refractivity contribution in [1.29, 1.82) is 0 Å². The van der Waals surface area contributed by atoms with Crippen molar-refractivity contribution in [3.05, 3.63) is 161 Å². The van der Waals surface area contributed by atoms with E-state index in [1.165, 1.54) is 10.4 Å². The molecular formula is C67H96N2O6Si3. The Bertz CT molecular complexity index is 2760. The number of rotatable bonds is 23. The van der Waals surface area contributed by atoms with Crippen molar-refractivity contribution in [2.24, 2.45) is 0 Å². The number of Topliss-reactive ketones (excluding diaryl/α,β-unsaturated/α-hetero) is 1. The molecule has 1 fully saturated rings. The van der Waals surface area contributed by atoms with Gasteiger partial charge in [-0.2, -0.15) is 0 Å². The van der Waals surface area contributed by atoms with Gasteiger partial charge in [0, 0.05) is 42.6 Å². The van der Waals surface area contributed by atoms with Gasteiger partial charge in [0.15, 0.2) is 8.32 Å². The van der Waals surface area contributed by atoms with Crippen molar-refractivity contribution >= 4 is 52.9 Å². The third kappa shape index (κ3) is 14.0. The largest absolute Gasteiger partial charge is 0.544 e. The molecule has 0 unspecified atom stereocenters. The van der Waals surface area contributed by atoms with Crippen molar-refractivity contribution in [1.82, 2.24) is 9.80 Å². The van der Waals surface area contributed by atoms with Crippen molar-refractivity contribution in [3.63, 3.8) is 0 Å². The predicted octanol–water partition coefficient (Wildman–Crippen LogP) is 15.3. The number of carbonyl (C=O) groups is 3. The second kappa shape index (κ2) is 24.8. The molecule has 78 heavy (non-hydrogen) atoms. The van der Waals surface area contributed by atoms with E-state index < -0.39 is 30.5 Å². The Morgan fingerprint density at radius 2 is 1.12 bits per heavy atom. The van der Waals surface area contributed by atoms with E-state index in [1.807, 2.05) is 66.4 Å². The summed E-state index contributed by atoms with van der Waals surface area (Å²) in [5.74, 6) is 0.700. The zero-order chi connectivity index (χ0) is 57.5. The number of hydrogen-bond donors (Lipinski definition) is 0. The van der Waals surface area contributed by atoms with Crippen LogP contribution in [0, 0.1) is 6.92 Å². The second-order valence-corrected chi connectivity index (χ2v) is 40.6. The summed E-state index contributed by atoms with van der Waals surface area (Å²) in [6, 6.07) is 43.3. The molecule has 6 rings (SSSR count). The Labute approximate surface area is 474 Å². The Hall–Kier alpha value is -4.92. The molecule has 2 amide bonds. The molecule has 1 saturated carbocycles. The summed E-state index contributed by atoms with van der Waals surface area (Å²) in [5, 5.41) is 2.28. The van der Waals surface area contributed by atoms with Crippen LogP contribution in [0.2, 0.25) is 41.3 Å². The molecular weight excluding hydrogens is 1010 g/mol. The first-order valence-corrected chi connectivity index (χ1v) is 36.6. The molecule has 1 aliphatic carbocycles. The van der Waals surface area contributed by atoms with Crippen molar-refractivity contribution in [2.75, 3.05) is 26.3 Å². The van der Waals surface area contributed by atoms with Gasteiger partial charge in [0.25, 0.3) is 20.1 Å². The van der Waals surface area contributed by atoms with Gasteiger partial charge in [-0.1, -0.05) is 191 Å². The molecule has 5 aromatic carbocycles. The molecule has 8 nitrogen and oxygen atoms in total. The first-order chi connectivity index (χ1) is 36.4. The van der Waals surface area contributed by atoms with Crippen LogP contribution >= 0.6 is 0 Å². The highest BCUT2D eigenvalue weighted by Gasteiger charge is 2.51. The summed E-state index contributed by atoms with van der Waals surface area (Å²) in [6.45, 7) is 39.3. The van der Waals surface area contributed by atoms with E-state index in [4.69, 9.17) is 13.3 Å². The van der Waals surface area contributed by atoms with Crippen LogP contribution in [0.25, 0.3) is 0 Å². The maximum absolute atomic E-state index is 15.4. The molecule has 5 aromatic rings. The number of amides is 2. The standard InChI is InChI=1S/C67H96N2O6Si3/c1-18-67(43-27-28-44-67)69(46-48-74-78(65(9,10)11,57-30-21-19-22-31-57)58-32-23-20-24-33-58)61(71)59-34-26-25-29-52(59)37-40-55(70)50-53-36-35-51(2)49-60(53)62(72)68(45-47-73-76(14,15)63(3,4)5)66(12,13)54-38-41-56(42-39-54)75-77(16,17)64(6,7)8/h19-26,29-36,38-39,41-42,49H,18,27-28,37,40,43-48,50H2,1-17H3. The molecule has 0 aromatic heterocycles. The third-order valence-corrected chi connectivity index (χ3v) is 32.0. The van der Waals surface area contributed by atoms with E-state index in [2.05, 4.69) is 187 Å². The molecule has 0 N–H and O–H groups in total. The van der Waals surface area contributed by atoms with E-state index in [0.717, 1.165) is 54.5 Å². The fourth-order valence-electron chi connectivity index (χ4n) is 11.1. The van der Waals surface area contributed by atoms with Crippen LogP contribution in [0.5, 0.6) is 5.75 Å². The number of nitrogens with zero attached hydrogens (tertiary/aromatic N) is 2. The van der Waals surface area contributed by atoms with Gasteiger partial charge in [-0.3, -0.25) is 14.4 Å². The van der Waals surface area contributed by atoms with Gasteiger partial charge in [-0.25, -0.2) is 0 Å². The Morgan fingerprint density at radius 1 is 0.577 bits per heavy atom. The second-order valence-electron chi connectivity index (χ2n) is 26.8. The fraction of sp³-hybridized carbons (Fsp3) is 0.507. The molecule has 0 saturated heterocycles. The highest BCUT2D eigenvalue weighted by atomic mass is 28.4. The van der Waals surface area contributed by atoms with Crippen molar-refractivity contribution < 1.29 is 27.7 Å². The molecule has 0 aliphatic heterocycles. The fourth-order valence-corrected chi connectivity index (χ4v) is 17.7. The van der Waals surface area contributed by atoms with Gasteiger partial charge in [0.2, 0.25) is 8.32 Å². The summed E-state index contributed by atoms with van der Waals surface area (Å²) < 4.78 is 20.8. The minimum absolute atomic E-state index is 0.00253. The number of carbonyl (C=O) groups excluding carboxylic acids is 3. The number of benzene rings is 5. The predicted molar refractivity (Wildman–Crippen MR) is 332 cm³/mol. The highest BCUT2D eigenvalue weighted by molar-refractivity contribution is 6.99. The lowest BCUT2D eigenvalue weighted by atomic mass is 9.89. The van der Waals surface area contributed by atoms with Crippen LogP contribution in [-0.4, -0.2) is 84.2 Å². The lowest BCUT2D eigenvalue weighted by Crippen LogP contribution is -2.67. The van der Waals surface area contributed by atoms with Crippen LogP contribution in [0.15, 0.2) is 127 Å². The van der Waals surface area contributed by atoms with E-state index in [9.17, 15) is 4.79 Å². The lowest BCUT2D eigenvalue weighted by Gasteiger charge is -2.45. The minimum Gasteiger partial charge on any atom is -0.544 e. The van der Waals surface area contributed by atoms with Gasteiger partial charge in [0.1, 0.15) is 11.5 Å². The normalized spacial score (nSPS) is 14.5. The van der Waals surface area contributed by atoms with Gasteiger partial charge < -0.3 is 23.1 Å². The van der Waals surface area contributed by atoms with Crippen LogP contribution < -0.4 is 14.8 Å². The molecule has 0 heterocycles. The number of hydrogen-bond acceptors (Lipinski definition) is 6. The van der Waals surface area contributed by atoms with Gasteiger partial charge in [0.05, 0.1) is 18.8 Å². The van der Waals surface area contributed by atoms with Crippen molar-refractivity contribution in [2.45, 2.75) is 194 Å². The Balaban J connectivity index is 1.25. The highest BCUT2D eigenvalue weighted by Crippen LogP contribution is 2.42. The number of aryl methyl sites for hydroxylation is 2. The Morgan fingerprint density at radius 3 is 1.65 bits per heavy atom. The first kappa shape index (κ1) is 62.3. The van der Waals surface area contributed by atoms with Gasteiger partial charge >= 0.3 is 0 Å². The van der Waals surface area contributed by atoms with Gasteiger partial charge in [-0.05, 0) is 139 Å². The van der Waals surface area contributed by atoms with Crippen LogP contribution in [0.1, 0.15) is 165 Å². The molecule has 0 radical (unpaired) electrons. The molecule has 1 aliphatic rings. The quantitative estimate of drug-likeness (QED) is 0.0606. The first-order valence-electron chi connectivity index (χ1n) is 28.9. The monoisotopic (exact) mass is 1110 g/mol. The average Bonchev–Trinajstić information content (AvgIpc) is 3.90. The summed E-state index contributed by atoms with van der Waals surface area (Å²) in [5.41, 5.74) is 3.60. The van der Waals surface area contributed by atoms with Crippen LogP contribution in [0.4, 0.5) is 0 Å². The van der Waals surface area contributed by atoms with E-state index in [-0.39, 0.29) is 51.1 Å². The summed E-state index contributed by atoms with van der Waals surface area (Å²) in [7, 11) is -7.08. The smallest absolute Gasteiger partial charge is 0.261 e. The van der Waals surface area contributed by atoms with Crippen molar-refractivity contribution in [3.8, 4) is 5.75 Å². The van der Waals surface area contributed by atoms with E-state index in [1.54, 1.807) is 0 Å². The Kier molecular flexibility index (Phi) is 19.8. The molecule has 0 bridgehead atoms. The maximum Gasteiger partial charge on any atom is 0.261 e. The average molecular weight is 1110 g/mol. The van der Waals surface area contributed by atoms with E-state index in [0.29, 0.717) is 49.4 Å². The van der Waals surface area contributed by atoms with E-state index >= 15 is 9.59 Å². The molecule has 0 spiro atoms. The minimum atomic E-state index is -2.86. The van der Waals surface area contributed by atoms with Crippen LogP contribution in [0.3, 0.4) is 0 Å². The summed E-state index contributed by atoms with van der Waals surface area (Å²) in [4.78, 5) is 49.3. The van der Waals surface area contributed by atoms with Crippen LogP contribution in [-0.2, 0) is 32.0 Å². The summed E-state index contributed by atoms with van der Waals surface area (Å²) >= 11 is 0. The lowest BCUT2D eigenvalue weighted by molar-refractivity contribution is -0.118. The SMILES string of the molecule is CCC1(N(CCO[Si](c2ccccc2)(c2ccccc2)C(C)(C)C)C(=O)c2ccccc2CCC(=O)Cc2ccc(C)cc2C(=O)N(CCO[Si](C)(C)C(C)(C)C)C(C)(C)c2ccc(O[Si](C)(C)C(C)(C)C)cc2)CCCC1. The molecule has 0 atom stereocenters. The molecule has 11 heteroatoms. The third-order valence-electron chi connectivity index (χ3n) is 18.1.